The molecule has 1 atom stereocenters. The number of fused-ring (bicyclic) bond motifs is 1. The number of benzene rings is 2. The minimum atomic E-state index is -0.315. The Morgan fingerprint density at radius 3 is 2.70 bits per heavy atom. The molecule has 0 spiro atoms. The fourth-order valence-corrected chi connectivity index (χ4v) is 3.25. The summed E-state index contributed by atoms with van der Waals surface area (Å²) in [5, 5.41) is 3.05. The Balaban J connectivity index is 2.05. The topological polar surface area (TPSA) is 29.1 Å². The van der Waals surface area contributed by atoms with E-state index in [1.54, 1.807) is 6.07 Å². The van der Waals surface area contributed by atoms with E-state index in [0.29, 0.717) is 11.4 Å². The van der Waals surface area contributed by atoms with Crippen LogP contribution in [0.1, 0.15) is 27.6 Å². The van der Waals surface area contributed by atoms with Crippen molar-refractivity contribution in [3.05, 3.63) is 63.7 Å². The number of amides is 1. The second-order valence-corrected chi connectivity index (χ2v) is 5.82. The summed E-state index contributed by atoms with van der Waals surface area (Å²) in [5.74, 6) is -0.00442. The van der Waals surface area contributed by atoms with Crippen molar-refractivity contribution < 1.29 is 4.79 Å². The monoisotopic (exact) mass is 305 g/mol. The van der Waals surface area contributed by atoms with Gasteiger partial charge < -0.3 is 5.32 Å². The molecule has 0 aliphatic carbocycles. The number of halogens is 2. The molecule has 3 rings (SSSR count). The van der Waals surface area contributed by atoms with Gasteiger partial charge in [0.2, 0.25) is 5.91 Å². The minimum absolute atomic E-state index is 0.00442. The zero-order valence-corrected chi connectivity index (χ0v) is 12.4. The maximum absolute atomic E-state index is 11.4. The number of nitrogens with one attached hydrogen (secondary N) is 1. The number of alkyl halides is 1. The maximum Gasteiger partial charge on any atom is 0.228 e. The summed E-state index contributed by atoms with van der Waals surface area (Å²) in [6.45, 7) is 2.02. The van der Waals surface area contributed by atoms with Gasteiger partial charge in [0.15, 0.2) is 0 Å². The first-order valence-electron chi connectivity index (χ1n) is 6.38. The molecule has 1 aliphatic rings. The number of aryl methyl sites for hydroxylation is 1. The van der Waals surface area contributed by atoms with E-state index in [1.165, 1.54) is 0 Å². The molecule has 0 bridgehead atoms. The zero-order chi connectivity index (χ0) is 14.3. The largest absolute Gasteiger partial charge is 0.325 e. The number of rotatable bonds is 2. The first-order chi connectivity index (χ1) is 9.56. The molecular formula is C16H13Cl2NO. The molecule has 4 heteroatoms. The van der Waals surface area contributed by atoms with Crippen LogP contribution in [0.25, 0.3) is 0 Å². The van der Waals surface area contributed by atoms with Gasteiger partial charge in [-0.15, -0.1) is 11.6 Å². The van der Waals surface area contributed by atoms with Crippen molar-refractivity contribution in [2.45, 2.75) is 18.7 Å². The van der Waals surface area contributed by atoms with Gasteiger partial charge in [-0.1, -0.05) is 35.9 Å². The summed E-state index contributed by atoms with van der Waals surface area (Å²) in [6, 6.07) is 11.7. The molecule has 0 radical (unpaired) electrons. The van der Waals surface area contributed by atoms with Gasteiger partial charge in [-0.3, -0.25) is 4.79 Å². The lowest BCUT2D eigenvalue weighted by Crippen LogP contribution is -2.03. The van der Waals surface area contributed by atoms with Gasteiger partial charge in [-0.2, -0.15) is 0 Å². The van der Waals surface area contributed by atoms with Gasteiger partial charge in [0.25, 0.3) is 0 Å². The molecule has 1 amide bonds. The van der Waals surface area contributed by atoms with Crippen LogP contribution in [0.3, 0.4) is 0 Å². The summed E-state index contributed by atoms with van der Waals surface area (Å²) in [7, 11) is 0. The van der Waals surface area contributed by atoms with Crippen LogP contribution >= 0.6 is 23.2 Å². The number of carbonyl (C=O) groups is 1. The molecule has 0 fully saturated rings. The summed E-state index contributed by atoms with van der Waals surface area (Å²) in [5.41, 5.74) is 4.75. The van der Waals surface area contributed by atoms with Crippen LogP contribution in [-0.4, -0.2) is 5.91 Å². The number of hydrogen-bond acceptors (Lipinski definition) is 1. The molecule has 0 saturated heterocycles. The molecule has 20 heavy (non-hydrogen) atoms. The fraction of sp³-hybridized carbons (Fsp3) is 0.188. The molecular weight excluding hydrogens is 293 g/mol. The van der Waals surface area contributed by atoms with Crippen LogP contribution in [0.15, 0.2) is 36.4 Å². The van der Waals surface area contributed by atoms with Gasteiger partial charge >= 0.3 is 0 Å². The highest BCUT2D eigenvalue weighted by molar-refractivity contribution is 6.33. The molecule has 1 aliphatic heterocycles. The molecule has 1 heterocycles. The van der Waals surface area contributed by atoms with Gasteiger partial charge in [-0.25, -0.2) is 0 Å². The molecule has 102 valence electrons. The van der Waals surface area contributed by atoms with Crippen molar-refractivity contribution in [3.8, 4) is 0 Å². The molecule has 1 N–H and O–H groups in total. The van der Waals surface area contributed by atoms with E-state index in [1.807, 2.05) is 37.3 Å². The zero-order valence-electron chi connectivity index (χ0n) is 10.9. The van der Waals surface area contributed by atoms with E-state index >= 15 is 0 Å². The van der Waals surface area contributed by atoms with Crippen molar-refractivity contribution in [1.82, 2.24) is 0 Å². The summed E-state index contributed by atoms with van der Waals surface area (Å²) in [4.78, 5) is 11.4. The highest BCUT2D eigenvalue weighted by atomic mass is 35.5. The molecule has 0 saturated carbocycles. The number of hydrogen-bond donors (Lipinski definition) is 1. The predicted molar refractivity (Wildman–Crippen MR) is 82.7 cm³/mol. The van der Waals surface area contributed by atoms with Crippen LogP contribution in [0.5, 0.6) is 0 Å². The summed E-state index contributed by atoms with van der Waals surface area (Å²) in [6.07, 6.45) is 0.386. The van der Waals surface area contributed by atoms with Crippen LogP contribution < -0.4 is 5.32 Å². The molecule has 2 nitrogen and oxygen atoms in total. The second kappa shape index (κ2) is 5.12. The van der Waals surface area contributed by atoms with Crippen LogP contribution in [0.2, 0.25) is 5.02 Å². The number of carbonyl (C=O) groups excluding carboxylic acids is 1. The van der Waals surface area contributed by atoms with Crippen LogP contribution in [0, 0.1) is 6.92 Å². The normalized spacial score (nSPS) is 14.8. The van der Waals surface area contributed by atoms with E-state index in [4.69, 9.17) is 23.2 Å². The first kappa shape index (κ1) is 13.5. The van der Waals surface area contributed by atoms with Gasteiger partial charge in [0.1, 0.15) is 0 Å². The van der Waals surface area contributed by atoms with Gasteiger partial charge in [0.05, 0.1) is 11.8 Å². The van der Waals surface area contributed by atoms with E-state index in [0.717, 1.165) is 27.9 Å². The quantitative estimate of drug-likeness (QED) is 0.815. The molecule has 2 aromatic rings. The van der Waals surface area contributed by atoms with E-state index in [-0.39, 0.29) is 11.3 Å². The molecule has 1 unspecified atom stereocenters. The smallest absolute Gasteiger partial charge is 0.228 e. The second-order valence-electron chi connectivity index (χ2n) is 4.97. The first-order valence-corrected chi connectivity index (χ1v) is 7.19. The Bertz CT molecular complexity index is 697. The third kappa shape index (κ3) is 2.30. The van der Waals surface area contributed by atoms with Crippen molar-refractivity contribution >= 4 is 34.8 Å². The highest BCUT2D eigenvalue weighted by Gasteiger charge is 2.23. The minimum Gasteiger partial charge on any atom is -0.325 e. The van der Waals surface area contributed by atoms with Crippen LogP contribution in [0.4, 0.5) is 5.69 Å². The lowest BCUT2D eigenvalue weighted by molar-refractivity contribution is -0.115. The van der Waals surface area contributed by atoms with Crippen molar-refractivity contribution in [1.29, 1.82) is 0 Å². The Morgan fingerprint density at radius 1 is 1.20 bits per heavy atom. The Kier molecular flexibility index (Phi) is 3.45. The maximum atomic E-state index is 11.4. The summed E-state index contributed by atoms with van der Waals surface area (Å²) >= 11 is 12.9. The Labute approximate surface area is 127 Å². The van der Waals surface area contributed by atoms with E-state index in [9.17, 15) is 4.79 Å². The Hall–Kier alpha value is -1.51. The van der Waals surface area contributed by atoms with Crippen molar-refractivity contribution in [2.24, 2.45) is 0 Å². The fourth-order valence-electron chi connectivity index (χ4n) is 2.50. The van der Waals surface area contributed by atoms with Crippen LogP contribution in [-0.2, 0) is 11.2 Å². The van der Waals surface area contributed by atoms with Gasteiger partial charge in [-0.05, 0) is 41.3 Å². The van der Waals surface area contributed by atoms with Gasteiger partial charge in [0, 0.05) is 10.7 Å². The predicted octanol–water partition coefficient (Wildman–Crippen LogP) is 4.47. The Morgan fingerprint density at radius 2 is 1.95 bits per heavy atom. The highest BCUT2D eigenvalue weighted by Crippen LogP contribution is 2.39. The average Bonchev–Trinajstić information content (AvgIpc) is 2.76. The van der Waals surface area contributed by atoms with E-state index in [2.05, 4.69) is 5.32 Å². The molecule has 2 aromatic carbocycles. The lowest BCUT2D eigenvalue weighted by atomic mass is 9.98. The SMILES string of the molecule is Cc1ccccc1C(Cl)c1cc2c(cc1Cl)NC(=O)C2. The standard InChI is InChI=1S/C16H13Cl2NO/c1-9-4-2-3-5-11(9)16(18)12-6-10-7-15(20)19-14(10)8-13(12)17/h2-6,8,16H,7H2,1H3,(H,19,20). The van der Waals surface area contributed by atoms with Crippen molar-refractivity contribution in [3.63, 3.8) is 0 Å². The molecule has 0 aromatic heterocycles. The third-order valence-corrected chi connectivity index (χ3v) is 4.38. The van der Waals surface area contributed by atoms with Crippen molar-refractivity contribution in [2.75, 3.05) is 5.32 Å². The summed E-state index contributed by atoms with van der Waals surface area (Å²) < 4.78 is 0. The average molecular weight is 306 g/mol. The lowest BCUT2D eigenvalue weighted by Gasteiger charge is -2.16. The van der Waals surface area contributed by atoms with E-state index < -0.39 is 0 Å². The third-order valence-electron chi connectivity index (χ3n) is 3.58. The number of anilines is 1.